The first kappa shape index (κ1) is 14.0. The molecule has 0 bridgehead atoms. The van der Waals surface area contributed by atoms with Gasteiger partial charge in [-0.1, -0.05) is 17.9 Å². The van der Waals surface area contributed by atoms with Crippen LogP contribution in [0.2, 0.25) is 0 Å². The number of hydrogen-bond donors (Lipinski definition) is 2. The van der Waals surface area contributed by atoms with E-state index in [1.165, 1.54) is 6.07 Å². The van der Waals surface area contributed by atoms with Crippen LogP contribution in [-0.2, 0) is 6.54 Å². The average Bonchev–Trinajstić information content (AvgIpc) is 2.79. The Morgan fingerprint density at radius 1 is 1.42 bits per heavy atom. The van der Waals surface area contributed by atoms with Crippen molar-refractivity contribution in [2.75, 3.05) is 19.7 Å². The largest absolute Gasteiger partial charge is 0.395 e. The van der Waals surface area contributed by atoms with Gasteiger partial charge in [0.1, 0.15) is 5.82 Å². The molecule has 1 aliphatic heterocycles. The quantitative estimate of drug-likeness (QED) is 0.803. The van der Waals surface area contributed by atoms with Crippen LogP contribution in [0.1, 0.15) is 24.0 Å². The number of benzene rings is 1. The van der Waals surface area contributed by atoms with Gasteiger partial charge in [-0.2, -0.15) is 0 Å². The van der Waals surface area contributed by atoms with E-state index in [2.05, 4.69) is 11.8 Å². The molecule has 1 saturated heterocycles. The van der Waals surface area contributed by atoms with Gasteiger partial charge in [-0.3, -0.25) is 4.90 Å². The number of hydrogen-bond acceptors (Lipinski definition) is 3. The zero-order chi connectivity index (χ0) is 13.7. The van der Waals surface area contributed by atoms with Gasteiger partial charge in [0.15, 0.2) is 0 Å². The van der Waals surface area contributed by atoms with Gasteiger partial charge in [0.2, 0.25) is 0 Å². The summed E-state index contributed by atoms with van der Waals surface area (Å²) in [7, 11) is 0. The van der Waals surface area contributed by atoms with Crippen molar-refractivity contribution in [3.63, 3.8) is 0 Å². The van der Waals surface area contributed by atoms with Crippen molar-refractivity contribution in [3.8, 4) is 11.8 Å². The molecular formula is C15H18FNO2. The normalized spacial score (nSPS) is 19.2. The van der Waals surface area contributed by atoms with Gasteiger partial charge in [0.25, 0.3) is 0 Å². The van der Waals surface area contributed by atoms with Gasteiger partial charge in [0.05, 0.1) is 12.7 Å². The van der Waals surface area contributed by atoms with Crippen LogP contribution in [0.25, 0.3) is 0 Å². The Balaban J connectivity index is 2.01. The lowest BCUT2D eigenvalue weighted by molar-refractivity contribution is 0.174. The van der Waals surface area contributed by atoms with Crippen LogP contribution in [0, 0.1) is 17.7 Å². The molecule has 2 N–H and O–H groups in total. The van der Waals surface area contributed by atoms with Crippen molar-refractivity contribution in [2.45, 2.75) is 25.5 Å². The van der Waals surface area contributed by atoms with E-state index in [9.17, 15) is 9.50 Å². The number of aliphatic hydroxyl groups excluding tert-OH is 2. The average molecular weight is 263 g/mol. The van der Waals surface area contributed by atoms with Crippen LogP contribution < -0.4 is 0 Å². The molecule has 0 saturated carbocycles. The van der Waals surface area contributed by atoms with E-state index >= 15 is 0 Å². The summed E-state index contributed by atoms with van der Waals surface area (Å²) in [6, 6.07) is 4.95. The molecular weight excluding hydrogens is 245 g/mol. The van der Waals surface area contributed by atoms with E-state index in [1.807, 2.05) is 4.90 Å². The van der Waals surface area contributed by atoms with Gasteiger partial charge in [-0.15, -0.1) is 0 Å². The summed E-state index contributed by atoms with van der Waals surface area (Å²) in [5.74, 6) is 5.31. The molecule has 1 fully saturated rings. The van der Waals surface area contributed by atoms with Crippen molar-refractivity contribution in [3.05, 3.63) is 35.1 Å². The smallest absolute Gasteiger partial charge is 0.128 e. The highest BCUT2D eigenvalue weighted by molar-refractivity contribution is 5.37. The van der Waals surface area contributed by atoms with Crippen molar-refractivity contribution in [1.82, 2.24) is 4.90 Å². The van der Waals surface area contributed by atoms with Gasteiger partial charge in [0, 0.05) is 37.2 Å². The molecule has 1 aromatic rings. The summed E-state index contributed by atoms with van der Waals surface area (Å²) in [6.07, 6.45) is 0.869. The summed E-state index contributed by atoms with van der Waals surface area (Å²) in [5, 5.41) is 18.1. The number of halogens is 1. The zero-order valence-electron chi connectivity index (χ0n) is 10.8. The SMILES string of the molecule is OCCC#Cc1ccc(CN2CCC(O)C2)c(F)c1. The van der Waals surface area contributed by atoms with E-state index in [-0.39, 0.29) is 18.5 Å². The number of likely N-dealkylation sites (tertiary alicyclic amines) is 1. The second-order valence-corrected chi connectivity index (χ2v) is 4.76. The summed E-state index contributed by atoms with van der Waals surface area (Å²) >= 11 is 0. The first-order valence-corrected chi connectivity index (χ1v) is 6.47. The molecule has 1 atom stereocenters. The van der Waals surface area contributed by atoms with Crippen molar-refractivity contribution in [1.29, 1.82) is 0 Å². The fraction of sp³-hybridized carbons (Fsp3) is 0.467. The number of aliphatic hydroxyl groups is 2. The summed E-state index contributed by atoms with van der Waals surface area (Å²) in [5.41, 5.74) is 1.25. The van der Waals surface area contributed by atoms with Crippen molar-refractivity contribution >= 4 is 0 Å². The van der Waals surface area contributed by atoms with E-state index in [0.717, 1.165) is 13.0 Å². The van der Waals surface area contributed by atoms with Crippen LogP contribution in [-0.4, -0.2) is 40.9 Å². The number of rotatable bonds is 3. The van der Waals surface area contributed by atoms with E-state index in [4.69, 9.17) is 5.11 Å². The Morgan fingerprint density at radius 3 is 2.89 bits per heavy atom. The standard InChI is InChI=1S/C15H18FNO2/c16-15-9-12(3-1-2-8-18)4-5-13(15)10-17-7-6-14(19)11-17/h4-5,9,14,18-19H,2,6-8,10-11H2. The maximum absolute atomic E-state index is 13.9. The van der Waals surface area contributed by atoms with Crippen LogP contribution >= 0.6 is 0 Å². The van der Waals surface area contributed by atoms with Crippen LogP contribution in [0.3, 0.4) is 0 Å². The summed E-state index contributed by atoms with van der Waals surface area (Å²) in [4.78, 5) is 2.04. The third kappa shape index (κ3) is 4.03. The molecule has 1 aliphatic rings. The predicted molar refractivity (Wildman–Crippen MR) is 70.9 cm³/mol. The fourth-order valence-corrected chi connectivity index (χ4v) is 2.17. The molecule has 1 aromatic carbocycles. The Labute approximate surface area is 112 Å². The molecule has 3 nitrogen and oxygen atoms in total. The highest BCUT2D eigenvalue weighted by Crippen LogP contribution is 2.16. The molecule has 1 heterocycles. The fourth-order valence-electron chi connectivity index (χ4n) is 2.17. The number of β-amino-alcohol motifs (C(OH)–C–C–N with tert-alkyl or cyclic N) is 1. The highest BCUT2D eigenvalue weighted by Gasteiger charge is 2.20. The lowest BCUT2D eigenvalue weighted by Gasteiger charge is -2.15. The van der Waals surface area contributed by atoms with Gasteiger partial charge in [-0.05, 0) is 18.6 Å². The lowest BCUT2D eigenvalue weighted by atomic mass is 10.1. The molecule has 102 valence electrons. The molecule has 2 rings (SSSR count). The minimum absolute atomic E-state index is 0.0187. The predicted octanol–water partition coefficient (Wildman–Crippen LogP) is 1.13. The highest BCUT2D eigenvalue weighted by atomic mass is 19.1. The van der Waals surface area contributed by atoms with E-state index < -0.39 is 0 Å². The molecule has 0 aromatic heterocycles. The number of nitrogens with zero attached hydrogens (tertiary/aromatic N) is 1. The molecule has 0 aliphatic carbocycles. The molecule has 0 spiro atoms. The van der Waals surface area contributed by atoms with Crippen molar-refractivity contribution in [2.24, 2.45) is 0 Å². The van der Waals surface area contributed by atoms with Gasteiger partial charge >= 0.3 is 0 Å². The maximum Gasteiger partial charge on any atom is 0.128 e. The molecule has 1 unspecified atom stereocenters. The van der Waals surface area contributed by atoms with Gasteiger partial charge in [-0.25, -0.2) is 4.39 Å². The third-order valence-electron chi connectivity index (χ3n) is 3.16. The first-order chi connectivity index (χ1) is 9.19. The Kier molecular flexibility index (Phi) is 4.92. The zero-order valence-corrected chi connectivity index (χ0v) is 10.8. The monoisotopic (exact) mass is 263 g/mol. The second-order valence-electron chi connectivity index (χ2n) is 4.76. The second kappa shape index (κ2) is 6.67. The summed E-state index contributed by atoms with van der Waals surface area (Å²) < 4.78 is 13.9. The minimum atomic E-state index is -0.285. The lowest BCUT2D eigenvalue weighted by Crippen LogP contribution is -2.22. The Morgan fingerprint density at radius 2 is 2.26 bits per heavy atom. The summed E-state index contributed by atoms with van der Waals surface area (Å²) in [6.45, 7) is 1.95. The Bertz CT molecular complexity index is 493. The molecule has 19 heavy (non-hydrogen) atoms. The van der Waals surface area contributed by atoms with Crippen LogP contribution in [0.4, 0.5) is 4.39 Å². The molecule has 4 heteroatoms. The van der Waals surface area contributed by atoms with E-state index in [1.54, 1.807) is 12.1 Å². The van der Waals surface area contributed by atoms with Crippen molar-refractivity contribution < 1.29 is 14.6 Å². The first-order valence-electron chi connectivity index (χ1n) is 6.47. The molecule has 0 amide bonds. The minimum Gasteiger partial charge on any atom is -0.395 e. The maximum atomic E-state index is 13.9. The van der Waals surface area contributed by atoms with Crippen LogP contribution in [0.15, 0.2) is 18.2 Å². The molecule has 0 radical (unpaired) electrons. The van der Waals surface area contributed by atoms with Crippen LogP contribution in [0.5, 0.6) is 0 Å². The van der Waals surface area contributed by atoms with E-state index in [0.29, 0.717) is 30.6 Å². The Hall–Kier alpha value is -1.41. The third-order valence-corrected chi connectivity index (χ3v) is 3.16. The van der Waals surface area contributed by atoms with Gasteiger partial charge < -0.3 is 10.2 Å². The topological polar surface area (TPSA) is 43.7 Å².